The summed E-state index contributed by atoms with van der Waals surface area (Å²) >= 11 is 3.30. The molecule has 23 heavy (non-hydrogen) atoms. The van der Waals surface area contributed by atoms with Gasteiger partial charge in [-0.1, -0.05) is 60.9 Å². The van der Waals surface area contributed by atoms with Crippen molar-refractivity contribution in [2.24, 2.45) is 5.92 Å². The van der Waals surface area contributed by atoms with Crippen LogP contribution in [-0.4, -0.2) is 16.1 Å². The molecule has 0 radical (unpaired) electrons. The molecule has 0 spiro atoms. The maximum Gasteiger partial charge on any atom is 0.229 e. The number of amides is 1. The number of carbonyl (C=O) groups is 1. The predicted octanol–water partition coefficient (Wildman–Crippen LogP) is 4.49. The van der Waals surface area contributed by atoms with Crippen LogP contribution in [0.3, 0.4) is 0 Å². The van der Waals surface area contributed by atoms with E-state index in [1.54, 1.807) is 0 Å². The van der Waals surface area contributed by atoms with Gasteiger partial charge in [0.15, 0.2) is 0 Å². The molecule has 122 valence electrons. The second-order valence-corrected chi connectivity index (χ2v) is 7.85. The number of aromatic nitrogens is 2. The van der Waals surface area contributed by atoms with Crippen molar-refractivity contribution in [1.82, 2.24) is 10.2 Å². The summed E-state index contributed by atoms with van der Waals surface area (Å²) in [7, 11) is 0. The SMILES string of the molecule is O=C(Nc1nnc(CSCc2ccccc2)s1)C1CCCCC1. The minimum Gasteiger partial charge on any atom is -0.300 e. The molecule has 1 aliphatic carbocycles. The first-order valence-electron chi connectivity index (χ1n) is 8.06. The average Bonchev–Trinajstić information content (AvgIpc) is 3.04. The van der Waals surface area contributed by atoms with Gasteiger partial charge in [-0.15, -0.1) is 22.0 Å². The van der Waals surface area contributed by atoms with E-state index in [9.17, 15) is 4.79 Å². The number of benzene rings is 1. The Balaban J connectivity index is 1.45. The van der Waals surface area contributed by atoms with Crippen molar-refractivity contribution in [2.45, 2.75) is 43.6 Å². The lowest BCUT2D eigenvalue weighted by atomic mass is 9.89. The molecular weight excluding hydrogens is 326 g/mol. The lowest BCUT2D eigenvalue weighted by Crippen LogP contribution is -2.24. The fourth-order valence-corrected chi connectivity index (χ4v) is 4.55. The zero-order valence-electron chi connectivity index (χ0n) is 13.0. The highest BCUT2D eigenvalue weighted by atomic mass is 32.2. The molecule has 1 aromatic heterocycles. The molecule has 1 aromatic carbocycles. The van der Waals surface area contributed by atoms with Crippen LogP contribution in [0.2, 0.25) is 0 Å². The normalized spacial score (nSPS) is 15.5. The first-order chi connectivity index (χ1) is 11.3. The van der Waals surface area contributed by atoms with E-state index in [4.69, 9.17) is 0 Å². The fourth-order valence-electron chi connectivity index (χ4n) is 2.77. The number of rotatable bonds is 6. The molecule has 0 atom stereocenters. The van der Waals surface area contributed by atoms with Gasteiger partial charge in [0.05, 0.1) is 0 Å². The zero-order valence-corrected chi connectivity index (χ0v) is 14.7. The maximum atomic E-state index is 12.2. The summed E-state index contributed by atoms with van der Waals surface area (Å²) in [4.78, 5) is 12.2. The third-order valence-corrected chi connectivity index (χ3v) is 6.05. The predicted molar refractivity (Wildman–Crippen MR) is 96.6 cm³/mol. The van der Waals surface area contributed by atoms with E-state index >= 15 is 0 Å². The molecule has 1 heterocycles. The molecule has 0 aliphatic heterocycles. The van der Waals surface area contributed by atoms with Crippen molar-refractivity contribution in [3.63, 3.8) is 0 Å². The van der Waals surface area contributed by atoms with Gasteiger partial charge in [0.2, 0.25) is 11.0 Å². The molecule has 1 amide bonds. The molecule has 1 N–H and O–H groups in total. The van der Waals surface area contributed by atoms with Crippen LogP contribution >= 0.6 is 23.1 Å². The minimum atomic E-state index is 0.115. The number of carbonyl (C=O) groups excluding carboxylic acids is 1. The van der Waals surface area contributed by atoms with Crippen molar-refractivity contribution in [3.8, 4) is 0 Å². The first kappa shape index (κ1) is 16.5. The Morgan fingerprint density at radius 1 is 1.13 bits per heavy atom. The Morgan fingerprint density at radius 2 is 1.91 bits per heavy atom. The second-order valence-electron chi connectivity index (χ2n) is 5.80. The van der Waals surface area contributed by atoms with Crippen molar-refractivity contribution in [3.05, 3.63) is 40.9 Å². The molecule has 0 bridgehead atoms. The van der Waals surface area contributed by atoms with E-state index in [0.717, 1.165) is 42.2 Å². The molecule has 0 unspecified atom stereocenters. The van der Waals surface area contributed by atoms with Gasteiger partial charge in [0, 0.05) is 17.4 Å². The standard InChI is InChI=1S/C17H21N3OS2/c21-16(14-9-5-2-6-10-14)18-17-20-19-15(23-17)12-22-11-13-7-3-1-4-8-13/h1,3-4,7-8,14H,2,5-6,9-12H2,(H,18,20,21). The largest absolute Gasteiger partial charge is 0.300 e. The smallest absolute Gasteiger partial charge is 0.229 e. The number of nitrogens with zero attached hydrogens (tertiary/aromatic N) is 2. The highest BCUT2D eigenvalue weighted by molar-refractivity contribution is 7.97. The van der Waals surface area contributed by atoms with Crippen LogP contribution in [0.15, 0.2) is 30.3 Å². The van der Waals surface area contributed by atoms with E-state index < -0.39 is 0 Å². The van der Waals surface area contributed by atoms with Crippen LogP contribution in [-0.2, 0) is 16.3 Å². The third-order valence-electron chi connectivity index (χ3n) is 4.01. The monoisotopic (exact) mass is 347 g/mol. The molecule has 3 rings (SSSR count). The number of hydrogen-bond donors (Lipinski definition) is 1. The number of hydrogen-bond acceptors (Lipinski definition) is 5. The van der Waals surface area contributed by atoms with Gasteiger partial charge in [-0.25, -0.2) is 0 Å². The van der Waals surface area contributed by atoms with Crippen LogP contribution in [0, 0.1) is 5.92 Å². The van der Waals surface area contributed by atoms with E-state index in [2.05, 4.69) is 39.8 Å². The summed E-state index contributed by atoms with van der Waals surface area (Å²) in [6, 6.07) is 10.4. The molecule has 6 heteroatoms. The third kappa shape index (κ3) is 5.04. The number of nitrogens with one attached hydrogen (secondary N) is 1. The highest BCUT2D eigenvalue weighted by Crippen LogP contribution is 2.27. The topological polar surface area (TPSA) is 54.9 Å². The van der Waals surface area contributed by atoms with Gasteiger partial charge in [0.25, 0.3) is 0 Å². The van der Waals surface area contributed by atoms with Gasteiger partial charge in [-0.05, 0) is 18.4 Å². The van der Waals surface area contributed by atoms with Crippen LogP contribution in [0.1, 0.15) is 42.7 Å². The fraction of sp³-hybridized carbons (Fsp3) is 0.471. The van der Waals surface area contributed by atoms with Gasteiger partial charge < -0.3 is 5.32 Å². The van der Waals surface area contributed by atoms with Gasteiger partial charge in [0.1, 0.15) is 5.01 Å². The van der Waals surface area contributed by atoms with Crippen LogP contribution in [0.25, 0.3) is 0 Å². The van der Waals surface area contributed by atoms with E-state index in [0.29, 0.717) is 5.13 Å². The molecule has 2 aromatic rings. The van der Waals surface area contributed by atoms with Gasteiger partial charge in [-0.2, -0.15) is 0 Å². The molecular formula is C17H21N3OS2. The van der Waals surface area contributed by atoms with Crippen molar-refractivity contribution >= 4 is 34.1 Å². The maximum absolute atomic E-state index is 12.2. The Kier molecular flexibility index (Phi) is 6.05. The summed E-state index contributed by atoms with van der Waals surface area (Å²) in [5.41, 5.74) is 1.31. The Morgan fingerprint density at radius 3 is 2.70 bits per heavy atom. The summed E-state index contributed by atoms with van der Waals surface area (Å²) in [6.45, 7) is 0. The Labute approximate surface area is 145 Å². The Bertz CT molecular complexity index is 624. The zero-order chi connectivity index (χ0) is 15.9. The second kappa shape index (κ2) is 8.45. The van der Waals surface area contributed by atoms with Gasteiger partial charge >= 0.3 is 0 Å². The lowest BCUT2D eigenvalue weighted by Gasteiger charge is -2.19. The van der Waals surface area contributed by atoms with E-state index in [1.807, 2.05) is 17.8 Å². The Hall–Kier alpha value is -1.40. The van der Waals surface area contributed by atoms with Gasteiger partial charge in [-0.3, -0.25) is 4.79 Å². The molecule has 0 saturated heterocycles. The number of anilines is 1. The van der Waals surface area contributed by atoms with Crippen LogP contribution < -0.4 is 5.32 Å². The van der Waals surface area contributed by atoms with Crippen molar-refractivity contribution in [2.75, 3.05) is 5.32 Å². The molecule has 4 nitrogen and oxygen atoms in total. The molecule has 1 fully saturated rings. The highest BCUT2D eigenvalue weighted by Gasteiger charge is 2.22. The summed E-state index contributed by atoms with van der Waals surface area (Å²) < 4.78 is 0. The van der Waals surface area contributed by atoms with E-state index in [1.165, 1.54) is 23.3 Å². The summed E-state index contributed by atoms with van der Waals surface area (Å²) in [6.07, 6.45) is 5.59. The quantitative estimate of drug-likeness (QED) is 0.836. The van der Waals surface area contributed by atoms with Crippen molar-refractivity contribution < 1.29 is 4.79 Å². The summed E-state index contributed by atoms with van der Waals surface area (Å²) in [5.74, 6) is 2.06. The van der Waals surface area contributed by atoms with E-state index in [-0.39, 0.29) is 11.8 Å². The van der Waals surface area contributed by atoms with Crippen LogP contribution in [0.5, 0.6) is 0 Å². The average molecular weight is 348 g/mol. The lowest BCUT2D eigenvalue weighted by molar-refractivity contribution is -0.120. The molecule has 1 saturated carbocycles. The van der Waals surface area contributed by atoms with Crippen molar-refractivity contribution in [1.29, 1.82) is 0 Å². The molecule has 1 aliphatic rings. The number of thioether (sulfide) groups is 1. The first-order valence-corrected chi connectivity index (χ1v) is 10.0. The van der Waals surface area contributed by atoms with Crippen LogP contribution in [0.4, 0.5) is 5.13 Å². The summed E-state index contributed by atoms with van der Waals surface area (Å²) in [5, 5.41) is 12.8. The minimum absolute atomic E-state index is 0.115.